The summed E-state index contributed by atoms with van der Waals surface area (Å²) in [5.74, 6) is -0.372. The molecule has 182 valence electrons. The van der Waals surface area contributed by atoms with Crippen molar-refractivity contribution in [2.45, 2.75) is 26.8 Å². The average molecular weight is 501 g/mol. The van der Waals surface area contributed by atoms with Crippen LogP contribution in [0, 0.1) is 6.92 Å². The second-order valence-electron chi connectivity index (χ2n) is 8.86. The van der Waals surface area contributed by atoms with E-state index in [1.807, 2.05) is 49.4 Å². The fraction of sp³-hybridized carbons (Fsp3) is 0.179. The molecule has 0 spiro atoms. The molecule has 0 saturated carbocycles. The lowest BCUT2D eigenvalue weighted by molar-refractivity contribution is -0.116. The molecule has 0 unspecified atom stereocenters. The Bertz CT molecular complexity index is 1760. The van der Waals surface area contributed by atoms with E-state index in [0.29, 0.717) is 27.4 Å². The number of aromatic nitrogens is 3. The lowest BCUT2D eigenvalue weighted by atomic mass is 10.1. The van der Waals surface area contributed by atoms with E-state index in [4.69, 9.17) is 11.6 Å². The second-order valence-corrected chi connectivity index (χ2v) is 9.30. The van der Waals surface area contributed by atoms with E-state index in [0.717, 1.165) is 33.0 Å². The first kappa shape index (κ1) is 23.6. The van der Waals surface area contributed by atoms with E-state index >= 15 is 0 Å². The molecular weight excluding hydrogens is 476 g/mol. The molecule has 0 saturated heterocycles. The quantitative estimate of drug-likeness (QED) is 0.376. The molecule has 8 heteroatoms. The van der Waals surface area contributed by atoms with Gasteiger partial charge in [-0.15, -0.1) is 0 Å². The van der Waals surface area contributed by atoms with Crippen LogP contribution in [0.4, 0.5) is 5.69 Å². The number of anilines is 1. The number of carbonyl (C=O) groups excluding carboxylic acids is 1. The molecule has 1 amide bonds. The van der Waals surface area contributed by atoms with Crippen LogP contribution in [0.3, 0.4) is 0 Å². The van der Waals surface area contributed by atoms with E-state index < -0.39 is 11.2 Å². The Morgan fingerprint density at radius 1 is 0.972 bits per heavy atom. The van der Waals surface area contributed by atoms with Crippen LogP contribution in [-0.4, -0.2) is 19.6 Å². The fourth-order valence-electron chi connectivity index (χ4n) is 4.62. The summed E-state index contributed by atoms with van der Waals surface area (Å²) in [5.41, 5.74) is 3.58. The van der Waals surface area contributed by atoms with Gasteiger partial charge in [0.05, 0.1) is 16.7 Å². The first-order valence-corrected chi connectivity index (χ1v) is 12.1. The van der Waals surface area contributed by atoms with Crippen LogP contribution in [0.2, 0.25) is 5.02 Å². The van der Waals surface area contributed by atoms with E-state index in [1.54, 1.807) is 35.9 Å². The number of nitrogens with one attached hydrogen (secondary N) is 1. The van der Waals surface area contributed by atoms with Gasteiger partial charge < -0.3 is 9.88 Å². The van der Waals surface area contributed by atoms with Crippen molar-refractivity contribution in [3.05, 3.63) is 104 Å². The van der Waals surface area contributed by atoms with Gasteiger partial charge in [-0.05, 0) is 61.4 Å². The molecule has 0 fully saturated rings. The number of amides is 1. The number of nitrogens with zero attached hydrogens (tertiary/aromatic N) is 3. The van der Waals surface area contributed by atoms with Crippen molar-refractivity contribution < 1.29 is 4.79 Å². The maximum absolute atomic E-state index is 13.8. The monoisotopic (exact) mass is 500 g/mol. The van der Waals surface area contributed by atoms with Gasteiger partial charge in [0.2, 0.25) is 5.91 Å². The molecule has 36 heavy (non-hydrogen) atoms. The van der Waals surface area contributed by atoms with E-state index in [2.05, 4.69) is 12.2 Å². The van der Waals surface area contributed by atoms with Crippen LogP contribution in [0.15, 0.2) is 76.3 Å². The Kier molecular flexibility index (Phi) is 6.02. The SMILES string of the molecule is CCc1ccc(NC(=O)Cn2c(=O)n(-c3cccc(Cl)c3)c(=O)c3c2c2cc(C)ccc2n3C)cc1. The molecule has 5 rings (SSSR count). The predicted molar refractivity (Wildman–Crippen MR) is 144 cm³/mol. The van der Waals surface area contributed by atoms with E-state index in [-0.39, 0.29) is 12.5 Å². The average Bonchev–Trinajstić information content (AvgIpc) is 3.14. The van der Waals surface area contributed by atoms with Crippen molar-refractivity contribution in [2.75, 3.05) is 5.32 Å². The van der Waals surface area contributed by atoms with Crippen molar-refractivity contribution >= 4 is 45.1 Å². The summed E-state index contributed by atoms with van der Waals surface area (Å²) in [6.07, 6.45) is 0.896. The second kappa shape index (κ2) is 9.17. The summed E-state index contributed by atoms with van der Waals surface area (Å²) >= 11 is 6.17. The third-order valence-electron chi connectivity index (χ3n) is 6.44. The van der Waals surface area contributed by atoms with Gasteiger partial charge >= 0.3 is 5.69 Å². The van der Waals surface area contributed by atoms with Gasteiger partial charge in [0.15, 0.2) is 0 Å². The molecule has 3 aromatic carbocycles. The molecule has 0 aliphatic carbocycles. The highest BCUT2D eigenvalue weighted by atomic mass is 35.5. The van der Waals surface area contributed by atoms with Crippen LogP contribution in [-0.2, 0) is 24.8 Å². The maximum atomic E-state index is 13.8. The number of hydrogen-bond donors (Lipinski definition) is 1. The lowest BCUT2D eigenvalue weighted by Crippen LogP contribution is -2.41. The number of rotatable bonds is 5. The Morgan fingerprint density at radius 3 is 2.42 bits per heavy atom. The van der Waals surface area contributed by atoms with Crippen LogP contribution in [0.1, 0.15) is 18.1 Å². The number of hydrogen-bond acceptors (Lipinski definition) is 3. The summed E-state index contributed by atoms with van der Waals surface area (Å²) in [6.45, 7) is 3.74. The zero-order valence-electron chi connectivity index (χ0n) is 20.2. The maximum Gasteiger partial charge on any atom is 0.336 e. The molecule has 7 nitrogen and oxygen atoms in total. The normalized spacial score (nSPS) is 11.3. The Balaban J connectivity index is 1.74. The Hall–Kier alpha value is -4.10. The van der Waals surface area contributed by atoms with E-state index in [1.165, 1.54) is 4.57 Å². The third kappa shape index (κ3) is 4.01. The lowest BCUT2D eigenvalue weighted by Gasteiger charge is -2.14. The highest BCUT2D eigenvalue weighted by molar-refractivity contribution is 6.30. The van der Waals surface area contributed by atoms with Crippen molar-refractivity contribution in [3.63, 3.8) is 0 Å². The predicted octanol–water partition coefficient (Wildman–Crippen LogP) is 4.81. The van der Waals surface area contributed by atoms with Crippen molar-refractivity contribution in [1.82, 2.24) is 13.7 Å². The molecule has 2 heterocycles. The molecule has 0 bridgehead atoms. The summed E-state index contributed by atoms with van der Waals surface area (Å²) < 4.78 is 4.21. The Morgan fingerprint density at radius 2 is 1.72 bits per heavy atom. The molecule has 0 radical (unpaired) electrons. The molecule has 2 aromatic heterocycles. The zero-order valence-corrected chi connectivity index (χ0v) is 21.0. The van der Waals surface area contributed by atoms with Gasteiger partial charge in [-0.1, -0.05) is 48.4 Å². The summed E-state index contributed by atoms with van der Waals surface area (Å²) in [5, 5.41) is 4.00. The molecule has 5 aromatic rings. The molecule has 0 atom stereocenters. The van der Waals surface area contributed by atoms with Gasteiger partial charge in [-0.25, -0.2) is 9.36 Å². The summed E-state index contributed by atoms with van der Waals surface area (Å²) in [6, 6.07) is 19.9. The molecule has 0 aliphatic rings. The van der Waals surface area contributed by atoms with Crippen molar-refractivity contribution in [1.29, 1.82) is 0 Å². The highest BCUT2D eigenvalue weighted by Crippen LogP contribution is 2.27. The topological polar surface area (TPSA) is 78.0 Å². The standard InChI is InChI=1S/C28H25ClN4O3/c1-4-18-9-11-20(12-10-18)30-24(34)16-32-25-22-14-17(2)8-13-23(22)31(3)26(25)27(35)33(28(32)36)21-7-5-6-19(29)15-21/h5-15H,4,16H2,1-3H3,(H,30,34). The minimum absolute atomic E-state index is 0.265. The Labute approximate surface area is 212 Å². The zero-order chi connectivity index (χ0) is 25.6. The van der Waals surface area contributed by atoms with Crippen molar-refractivity contribution in [3.8, 4) is 5.69 Å². The molecule has 0 aliphatic heterocycles. The number of benzene rings is 3. The minimum Gasteiger partial charge on any atom is -0.338 e. The van der Waals surface area contributed by atoms with E-state index in [9.17, 15) is 14.4 Å². The summed E-state index contributed by atoms with van der Waals surface area (Å²) in [4.78, 5) is 40.7. The number of aryl methyl sites for hydroxylation is 3. The van der Waals surface area contributed by atoms with Gasteiger partial charge in [0.1, 0.15) is 12.1 Å². The highest BCUT2D eigenvalue weighted by Gasteiger charge is 2.22. The van der Waals surface area contributed by atoms with Gasteiger partial charge in [-0.3, -0.25) is 14.2 Å². The number of carbonyl (C=O) groups is 1. The largest absolute Gasteiger partial charge is 0.338 e. The first-order valence-electron chi connectivity index (χ1n) is 11.7. The molecular formula is C28H25ClN4O3. The first-order chi connectivity index (χ1) is 17.3. The van der Waals surface area contributed by atoms with Crippen LogP contribution in [0.25, 0.3) is 27.6 Å². The van der Waals surface area contributed by atoms with Crippen LogP contribution < -0.4 is 16.6 Å². The third-order valence-corrected chi connectivity index (χ3v) is 6.68. The summed E-state index contributed by atoms with van der Waals surface area (Å²) in [7, 11) is 1.79. The molecule has 1 N–H and O–H groups in total. The smallest absolute Gasteiger partial charge is 0.336 e. The van der Waals surface area contributed by atoms with Crippen molar-refractivity contribution in [2.24, 2.45) is 7.05 Å². The number of fused-ring (bicyclic) bond motifs is 3. The van der Waals surface area contributed by atoms with Gasteiger partial charge in [-0.2, -0.15) is 0 Å². The number of halogens is 1. The van der Waals surface area contributed by atoms with Crippen LogP contribution in [0.5, 0.6) is 0 Å². The minimum atomic E-state index is -0.611. The fourth-order valence-corrected chi connectivity index (χ4v) is 4.81. The van der Waals surface area contributed by atoms with Gasteiger partial charge in [0.25, 0.3) is 5.56 Å². The van der Waals surface area contributed by atoms with Gasteiger partial charge in [0, 0.05) is 23.1 Å². The van der Waals surface area contributed by atoms with Crippen LogP contribution >= 0.6 is 11.6 Å².